The van der Waals surface area contributed by atoms with Crippen LogP contribution >= 0.6 is 0 Å². The molecule has 0 radical (unpaired) electrons. The molecule has 0 amide bonds. The Morgan fingerprint density at radius 1 is 1.05 bits per heavy atom. The first-order valence-electron chi connectivity index (χ1n) is 6.64. The van der Waals surface area contributed by atoms with Gasteiger partial charge >= 0.3 is 6.01 Å². The monoisotopic (exact) mass is 284 g/mol. The van der Waals surface area contributed by atoms with Crippen molar-refractivity contribution in [2.24, 2.45) is 0 Å². The third kappa shape index (κ3) is 5.98. The van der Waals surface area contributed by atoms with Crippen molar-refractivity contribution < 1.29 is 9.47 Å². The molecular formula is C12H24N6O2. The third-order valence-corrected chi connectivity index (χ3v) is 2.59. The molecule has 1 aromatic rings. The molecule has 8 nitrogen and oxygen atoms in total. The van der Waals surface area contributed by atoms with Gasteiger partial charge in [-0.25, -0.2) is 0 Å². The summed E-state index contributed by atoms with van der Waals surface area (Å²) in [5, 5.41) is 6.20. The van der Waals surface area contributed by atoms with Gasteiger partial charge in [-0.2, -0.15) is 15.0 Å². The minimum Gasteiger partial charge on any atom is -0.467 e. The van der Waals surface area contributed by atoms with Crippen molar-refractivity contribution >= 4 is 11.9 Å². The van der Waals surface area contributed by atoms with Gasteiger partial charge in [-0.15, -0.1) is 0 Å². The highest BCUT2D eigenvalue weighted by molar-refractivity contribution is 5.35. The minimum absolute atomic E-state index is 0.297. The molecule has 0 aliphatic rings. The SMILES string of the molecule is CCNc1nc(NCCN(C)CCOC)nc(OC)n1. The van der Waals surface area contributed by atoms with Gasteiger partial charge in [0, 0.05) is 33.3 Å². The van der Waals surface area contributed by atoms with Gasteiger partial charge in [-0.05, 0) is 14.0 Å². The molecule has 0 aliphatic heterocycles. The number of nitrogens with one attached hydrogen (secondary N) is 2. The second-order valence-electron chi connectivity index (χ2n) is 4.22. The van der Waals surface area contributed by atoms with Crippen LogP contribution in [0.5, 0.6) is 6.01 Å². The normalized spacial score (nSPS) is 10.7. The first-order chi connectivity index (χ1) is 9.69. The highest BCUT2D eigenvalue weighted by Crippen LogP contribution is 2.10. The van der Waals surface area contributed by atoms with Crippen molar-refractivity contribution in [1.29, 1.82) is 0 Å². The van der Waals surface area contributed by atoms with E-state index in [-0.39, 0.29) is 0 Å². The summed E-state index contributed by atoms with van der Waals surface area (Å²) in [6, 6.07) is 0.297. The lowest BCUT2D eigenvalue weighted by atomic mass is 10.5. The van der Waals surface area contributed by atoms with Crippen LogP contribution in [-0.2, 0) is 4.74 Å². The zero-order valence-corrected chi connectivity index (χ0v) is 12.6. The van der Waals surface area contributed by atoms with Crippen LogP contribution in [0.2, 0.25) is 0 Å². The largest absolute Gasteiger partial charge is 0.467 e. The molecular weight excluding hydrogens is 260 g/mol. The van der Waals surface area contributed by atoms with Crippen LogP contribution in [0.4, 0.5) is 11.9 Å². The van der Waals surface area contributed by atoms with Crippen LogP contribution < -0.4 is 15.4 Å². The average molecular weight is 284 g/mol. The summed E-state index contributed by atoms with van der Waals surface area (Å²) in [6.07, 6.45) is 0. The Kier molecular flexibility index (Phi) is 7.59. The van der Waals surface area contributed by atoms with Crippen LogP contribution in [0.1, 0.15) is 6.92 Å². The molecule has 2 N–H and O–H groups in total. The zero-order valence-electron chi connectivity index (χ0n) is 12.6. The highest BCUT2D eigenvalue weighted by Gasteiger charge is 2.06. The standard InChI is InChI=1S/C12H24N6O2/c1-5-13-10-15-11(17-12(16-10)20-4)14-6-7-18(2)8-9-19-3/h5-9H2,1-4H3,(H2,13,14,15,16,17). The second-order valence-corrected chi connectivity index (χ2v) is 4.22. The topological polar surface area (TPSA) is 84.4 Å². The first-order valence-corrected chi connectivity index (χ1v) is 6.64. The smallest absolute Gasteiger partial charge is 0.322 e. The van der Waals surface area contributed by atoms with Crippen molar-refractivity contribution in [3.8, 4) is 6.01 Å². The quantitative estimate of drug-likeness (QED) is 0.635. The summed E-state index contributed by atoms with van der Waals surface area (Å²) in [4.78, 5) is 14.7. The predicted molar refractivity (Wildman–Crippen MR) is 78.4 cm³/mol. The molecule has 1 rings (SSSR count). The van der Waals surface area contributed by atoms with Gasteiger partial charge in [0.25, 0.3) is 0 Å². The summed E-state index contributed by atoms with van der Waals surface area (Å²) in [5.41, 5.74) is 0. The number of ether oxygens (including phenoxy) is 2. The van der Waals surface area contributed by atoms with E-state index in [0.29, 0.717) is 17.9 Å². The maximum Gasteiger partial charge on any atom is 0.322 e. The molecule has 0 aromatic carbocycles. The number of hydrogen-bond acceptors (Lipinski definition) is 8. The zero-order chi connectivity index (χ0) is 14.8. The Morgan fingerprint density at radius 3 is 2.35 bits per heavy atom. The molecule has 114 valence electrons. The molecule has 0 aliphatic carbocycles. The summed E-state index contributed by atoms with van der Waals surface area (Å²) >= 11 is 0. The van der Waals surface area contributed by atoms with Crippen LogP contribution in [0, 0.1) is 0 Å². The van der Waals surface area contributed by atoms with Crippen molar-refractivity contribution in [2.45, 2.75) is 6.92 Å². The molecule has 0 saturated carbocycles. The van der Waals surface area contributed by atoms with E-state index < -0.39 is 0 Å². The van der Waals surface area contributed by atoms with E-state index in [4.69, 9.17) is 9.47 Å². The molecule has 0 saturated heterocycles. The fourth-order valence-electron chi connectivity index (χ4n) is 1.48. The van der Waals surface area contributed by atoms with Gasteiger partial charge in [-0.1, -0.05) is 0 Å². The van der Waals surface area contributed by atoms with Gasteiger partial charge in [0.05, 0.1) is 13.7 Å². The average Bonchev–Trinajstić information content (AvgIpc) is 2.45. The number of nitrogens with zero attached hydrogens (tertiary/aromatic N) is 4. The molecule has 0 bridgehead atoms. The number of likely N-dealkylation sites (N-methyl/N-ethyl adjacent to an activating group) is 1. The highest BCUT2D eigenvalue weighted by atomic mass is 16.5. The molecule has 0 spiro atoms. The van der Waals surface area contributed by atoms with Gasteiger partial charge in [0.1, 0.15) is 0 Å². The number of methoxy groups -OCH3 is 2. The summed E-state index contributed by atoms with van der Waals surface area (Å²) in [5.74, 6) is 1.02. The van der Waals surface area contributed by atoms with E-state index in [2.05, 4.69) is 30.5 Å². The third-order valence-electron chi connectivity index (χ3n) is 2.59. The Labute approximate surface area is 119 Å². The van der Waals surface area contributed by atoms with Crippen molar-refractivity contribution in [2.75, 3.05) is 64.7 Å². The van der Waals surface area contributed by atoms with E-state index in [1.54, 1.807) is 7.11 Å². The van der Waals surface area contributed by atoms with Crippen molar-refractivity contribution in [1.82, 2.24) is 19.9 Å². The summed E-state index contributed by atoms with van der Waals surface area (Å²) in [7, 11) is 5.28. The van der Waals surface area contributed by atoms with Crippen LogP contribution in [0.3, 0.4) is 0 Å². The first kappa shape index (κ1) is 16.4. The van der Waals surface area contributed by atoms with E-state index in [1.807, 2.05) is 14.0 Å². The molecule has 0 atom stereocenters. The van der Waals surface area contributed by atoms with Crippen LogP contribution in [0.15, 0.2) is 0 Å². The lowest BCUT2D eigenvalue weighted by molar-refractivity contribution is 0.163. The van der Waals surface area contributed by atoms with Gasteiger partial charge < -0.3 is 25.0 Å². The summed E-state index contributed by atoms with van der Waals surface area (Å²) < 4.78 is 10.1. The fraction of sp³-hybridized carbons (Fsp3) is 0.750. The Bertz CT molecular complexity index is 390. The van der Waals surface area contributed by atoms with Crippen LogP contribution in [-0.4, -0.2) is 73.9 Å². The minimum atomic E-state index is 0.297. The number of hydrogen-bond donors (Lipinski definition) is 2. The van der Waals surface area contributed by atoms with E-state index in [1.165, 1.54) is 7.11 Å². The molecule has 1 heterocycles. The van der Waals surface area contributed by atoms with E-state index in [9.17, 15) is 0 Å². The fourth-order valence-corrected chi connectivity index (χ4v) is 1.48. The maximum absolute atomic E-state index is 5.05. The van der Waals surface area contributed by atoms with Crippen LogP contribution in [0.25, 0.3) is 0 Å². The molecule has 20 heavy (non-hydrogen) atoms. The van der Waals surface area contributed by atoms with Crippen molar-refractivity contribution in [3.05, 3.63) is 0 Å². The maximum atomic E-state index is 5.05. The Balaban J connectivity index is 2.47. The van der Waals surface area contributed by atoms with Crippen molar-refractivity contribution in [3.63, 3.8) is 0 Å². The lowest BCUT2D eigenvalue weighted by Crippen LogP contribution is -2.28. The molecule has 1 aromatic heterocycles. The van der Waals surface area contributed by atoms with Gasteiger partial charge in [0.15, 0.2) is 0 Å². The number of aromatic nitrogens is 3. The van der Waals surface area contributed by atoms with E-state index in [0.717, 1.165) is 32.8 Å². The second kappa shape index (κ2) is 9.27. The Morgan fingerprint density at radius 2 is 1.75 bits per heavy atom. The molecule has 0 unspecified atom stereocenters. The van der Waals surface area contributed by atoms with Gasteiger partial charge in [-0.3, -0.25) is 0 Å². The molecule has 0 fully saturated rings. The van der Waals surface area contributed by atoms with Gasteiger partial charge in [0.2, 0.25) is 11.9 Å². The predicted octanol–water partition coefficient (Wildman–Crippen LogP) is 0.302. The molecule has 8 heteroatoms. The van der Waals surface area contributed by atoms with E-state index >= 15 is 0 Å². The Hall–Kier alpha value is -1.67. The lowest BCUT2D eigenvalue weighted by Gasteiger charge is -2.16. The number of rotatable bonds is 10. The summed E-state index contributed by atoms with van der Waals surface area (Å²) in [6.45, 7) is 5.94. The number of anilines is 2.